The quantitative estimate of drug-likeness (QED) is 0.690. The lowest BCUT2D eigenvalue weighted by atomic mass is 9.98. The van der Waals surface area contributed by atoms with Crippen molar-refractivity contribution in [1.82, 2.24) is 10.6 Å². The van der Waals surface area contributed by atoms with Crippen molar-refractivity contribution < 1.29 is 24.2 Å². The number of imide groups is 1. The number of benzene rings is 2. The SMILES string of the molecule is CC[C@H](C)[C@H](NC(=O)O)C(=O)NC(=O)OCC1c2ccccc2-c2ccccc21. The van der Waals surface area contributed by atoms with Crippen LogP contribution in [-0.2, 0) is 9.53 Å². The first-order valence-corrected chi connectivity index (χ1v) is 9.57. The van der Waals surface area contributed by atoms with E-state index in [4.69, 9.17) is 9.84 Å². The Bertz CT molecular complexity index is 881. The molecule has 0 radical (unpaired) electrons. The predicted molar refractivity (Wildman–Crippen MR) is 108 cm³/mol. The highest BCUT2D eigenvalue weighted by atomic mass is 16.5. The van der Waals surface area contributed by atoms with Crippen LogP contribution in [0.2, 0.25) is 0 Å². The van der Waals surface area contributed by atoms with Gasteiger partial charge >= 0.3 is 12.2 Å². The van der Waals surface area contributed by atoms with E-state index in [1.165, 1.54) is 0 Å². The van der Waals surface area contributed by atoms with Gasteiger partial charge in [0.1, 0.15) is 12.6 Å². The number of hydrogen-bond donors (Lipinski definition) is 3. The number of ether oxygens (including phenoxy) is 1. The molecule has 0 spiro atoms. The maximum atomic E-state index is 12.3. The minimum absolute atomic E-state index is 0.0769. The van der Waals surface area contributed by atoms with Gasteiger partial charge in [0.05, 0.1) is 0 Å². The van der Waals surface area contributed by atoms with Crippen molar-refractivity contribution in [3.05, 3.63) is 59.7 Å². The van der Waals surface area contributed by atoms with Crippen molar-refractivity contribution in [3.8, 4) is 11.1 Å². The summed E-state index contributed by atoms with van der Waals surface area (Å²) >= 11 is 0. The second kappa shape index (κ2) is 8.77. The lowest BCUT2D eigenvalue weighted by Gasteiger charge is -2.21. The average Bonchev–Trinajstić information content (AvgIpc) is 3.03. The monoisotopic (exact) mass is 396 g/mol. The molecule has 0 fully saturated rings. The van der Waals surface area contributed by atoms with Crippen LogP contribution in [-0.4, -0.2) is 35.8 Å². The number of carboxylic acid groups (broad SMARTS) is 1. The molecular formula is C22H24N2O5. The van der Waals surface area contributed by atoms with Crippen molar-refractivity contribution in [2.75, 3.05) is 6.61 Å². The molecule has 0 aliphatic heterocycles. The van der Waals surface area contributed by atoms with E-state index in [0.29, 0.717) is 6.42 Å². The van der Waals surface area contributed by atoms with E-state index in [0.717, 1.165) is 22.3 Å². The van der Waals surface area contributed by atoms with Gasteiger partial charge in [-0.3, -0.25) is 10.1 Å². The van der Waals surface area contributed by atoms with E-state index in [2.05, 4.69) is 10.6 Å². The third kappa shape index (κ3) is 4.39. The minimum Gasteiger partial charge on any atom is -0.465 e. The number of alkyl carbamates (subject to hydrolysis) is 1. The van der Waals surface area contributed by atoms with E-state index in [1.807, 2.05) is 55.5 Å². The van der Waals surface area contributed by atoms with Crippen molar-refractivity contribution >= 4 is 18.1 Å². The normalized spacial score (nSPS) is 14.3. The van der Waals surface area contributed by atoms with E-state index in [-0.39, 0.29) is 18.4 Å². The first kappa shape index (κ1) is 20.4. The van der Waals surface area contributed by atoms with Crippen LogP contribution in [0.25, 0.3) is 11.1 Å². The van der Waals surface area contributed by atoms with Crippen molar-refractivity contribution in [2.24, 2.45) is 5.92 Å². The van der Waals surface area contributed by atoms with E-state index in [9.17, 15) is 14.4 Å². The Morgan fingerprint density at radius 1 is 1.03 bits per heavy atom. The van der Waals surface area contributed by atoms with Crippen LogP contribution in [0.5, 0.6) is 0 Å². The lowest BCUT2D eigenvalue weighted by molar-refractivity contribution is -0.123. The number of carbonyl (C=O) groups is 3. The fourth-order valence-electron chi connectivity index (χ4n) is 3.65. The van der Waals surface area contributed by atoms with Gasteiger partial charge in [-0.2, -0.15) is 0 Å². The number of hydrogen-bond acceptors (Lipinski definition) is 4. The Morgan fingerprint density at radius 2 is 1.59 bits per heavy atom. The highest BCUT2D eigenvalue weighted by molar-refractivity contribution is 5.96. The van der Waals surface area contributed by atoms with Gasteiger partial charge in [0.15, 0.2) is 0 Å². The van der Waals surface area contributed by atoms with Gasteiger partial charge in [-0.15, -0.1) is 0 Å². The summed E-state index contributed by atoms with van der Waals surface area (Å²) in [6.45, 7) is 3.65. The zero-order chi connectivity index (χ0) is 21.0. The van der Waals surface area contributed by atoms with E-state index in [1.54, 1.807) is 6.92 Å². The second-order valence-corrected chi connectivity index (χ2v) is 7.13. The third-order valence-electron chi connectivity index (χ3n) is 5.34. The molecular weight excluding hydrogens is 372 g/mol. The standard InChI is InChI=1S/C22H24N2O5/c1-3-13(2)19(23-21(26)27)20(25)24-22(28)29-12-18-16-10-6-4-8-14(16)15-9-5-7-11-17(15)18/h4-11,13,18-19,23H,3,12H2,1-2H3,(H,26,27)(H,24,25,28)/t13-,19-/m0/s1. The van der Waals surface area contributed by atoms with Crippen LogP contribution in [0, 0.1) is 5.92 Å². The summed E-state index contributed by atoms with van der Waals surface area (Å²) in [4.78, 5) is 35.5. The predicted octanol–water partition coefficient (Wildman–Crippen LogP) is 3.73. The minimum atomic E-state index is -1.32. The second-order valence-electron chi connectivity index (χ2n) is 7.13. The first-order chi connectivity index (χ1) is 13.9. The van der Waals surface area contributed by atoms with Crippen LogP contribution in [0.15, 0.2) is 48.5 Å². The van der Waals surface area contributed by atoms with Gasteiger partial charge < -0.3 is 15.2 Å². The third-order valence-corrected chi connectivity index (χ3v) is 5.34. The molecule has 0 heterocycles. The molecule has 3 amide bonds. The average molecular weight is 396 g/mol. The van der Waals surface area contributed by atoms with Gasteiger partial charge in [-0.1, -0.05) is 68.8 Å². The molecule has 7 nitrogen and oxygen atoms in total. The highest BCUT2D eigenvalue weighted by Crippen LogP contribution is 2.44. The summed E-state index contributed by atoms with van der Waals surface area (Å²) in [6.07, 6.45) is -1.64. The molecule has 152 valence electrons. The lowest BCUT2D eigenvalue weighted by Crippen LogP contribution is -2.51. The van der Waals surface area contributed by atoms with Crippen molar-refractivity contribution in [2.45, 2.75) is 32.2 Å². The summed E-state index contributed by atoms with van der Waals surface area (Å²) < 4.78 is 5.33. The Hall–Kier alpha value is -3.35. The molecule has 0 bridgehead atoms. The van der Waals surface area contributed by atoms with Crippen LogP contribution in [0.3, 0.4) is 0 Å². The summed E-state index contributed by atoms with van der Waals surface area (Å²) in [5, 5.41) is 13.2. The smallest absolute Gasteiger partial charge is 0.413 e. The Labute approximate surface area is 169 Å². The molecule has 1 aliphatic carbocycles. The first-order valence-electron chi connectivity index (χ1n) is 9.57. The molecule has 2 aromatic carbocycles. The molecule has 7 heteroatoms. The summed E-state index contributed by atoms with van der Waals surface area (Å²) in [5.41, 5.74) is 4.35. The number of rotatable bonds is 6. The zero-order valence-corrected chi connectivity index (χ0v) is 16.3. The van der Waals surface area contributed by atoms with Gasteiger partial charge in [-0.05, 0) is 28.2 Å². The van der Waals surface area contributed by atoms with Crippen molar-refractivity contribution in [1.29, 1.82) is 0 Å². The maximum Gasteiger partial charge on any atom is 0.413 e. The van der Waals surface area contributed by atoms with Gasteiger partial charge in [0, 0.05) is 5.92 Å². The fourth-order valence-corrected chi connectivity index (χ4v) is 3.65. The van der Waals surface area contributed by atoms with Crippen LogP contribution >= 0.6 is 0 Å². The molecule has 0 saturated carbocycles. The largest absolute Gasteiger partial charge is 0.465 e. The van der Waals surface area contributed by atoms with Crippen LogP contribution in [0.4, 0.5) is 9.59 Å². The number of carbonyl (C=O) groups excluding carboxylic acids is 2. The molecule has 1 aliphatic rings. The highest BCUT2D eigenvalue weighted by Gasteiger charge is 2.30. The number of fused-ring (bicyclic) bond motifs is 3. The van der Waals surface area contributed by atoms with E-state index >= 15 is 0 Å². The molecule has 2 atom stereocenters. The molecule has 2 aromatic rings. The Kier molecular flexibility index (Phi) is 6.16. The molecule has 29 heavy (non-hydrogen) atoms. The number of nitrogens with one attached hydrogen (secondary N) is 2. The molecule has 0 unspecified atom stereocenters. The Morgan fingerprint density at radius 3 is 2.10 bits per heavy atom. The molecule has 3 rings (SSSR count). The van der Waals surface area contributed by atoms with E-state index < -0.39 is 24.1 Å². The van der Waals surface area contributed by atoms with Gasteiger partial charge in [0.25, 0.3) is 5.91 Å². The number of amides is 3. The van der Waals surface area contributed by atoms with Crippen molar-refractivity contribution in [3.63, 3.8) is 0 Å². The zero-order valence-electron chi connectivity index (χ0n) is 16.3. The molecule has 3 N–H and O–H groups in total. The molecule has 0 saturated heterocycles. The summed E-state index contributed by atoms with van der Waals surface area (Å²) in [5.74, 6) is -1.11. The maximum absolute atomic E-state index is 12.3. The van der Waals surface area contributed by atoms with Crippen LogP contribution < -0.4 is 10.6 Å². The summed E-state index contributed by atoms with van der Waals surface area (Å²) in [6, 6.07) is 14.9. The van der Waals surface area contributed by atoms with Gasteiger partial charge in [-0.25, -0.2) is 9.59 Å². The fraction of sp³-hybridized carbons (Fsp3) is 0.318. The molecule has 0 aromatic heterocycles. The van der Waals surface area contributed by atoms with Crippen LogP contribution in [0.1, 0.15) is 37.3 Å². The Balaban J connectivity index is 1.66. The van der Waals surface area contributed by atoms with Gasteiger partial charge in [0.2, 0.25) is 0 Å². The topological polar surface area (TPSA) is 105 Å². The summed E-state index contributed by atoms with van der Waals surface area (Å²) in [7, 11) is 0.